The first-order valence-electron chi connectivity index (χ1n) is 5.05. The van der Waals surface area contributed by atoms with Crippen molar-refractivity contribution in [3.05, 3.63) is 34.9 Å². The SMILES string of the molecule is Cc1ccc(C)c([C@H](N)CCC(=O)O)c1.Cl. The number of hydrogen-bond donors (Lipinski definition) is 2. The average Bonchev–Trinajstić information content (AvgIpc) is 2.18. The predicted molar refractivity (Wildman–Crippen MR) is 67.0 cm³/mol. The molecule has 16 heavy (non-hydrogen) atoms. The maximum atomic E-state index is 10.4. The van der Waals surface area contributed by atoms with E-state index in [2.05, 4.69) is 0 Å². The standard InChI is InChI=1S/C12H17NO2.ClH/c1-8-3-4-9(2)10(7-8)11(13)5-6-12(14)15;/h3-4,7,11H,5-6,13H2,1-2H3,(H,14,15);1H/t11-;/m1./s1. The number of carboxylic acids is 1. The predicted octanol–water partition coefficient (Wildman–Crippen LogP) is 2.59. The van der Waals surface area contributed by atoms with E-state index in [1.54, 1.807) is 0 Å². The summed E-state index contributed by atoms with van der Waals surface area (Å²) in [5, 5.41) is 8.58. The van der Waals surface area contributed by atoms with Gasteiger partial charge in [-0.05, 0) is 31.4 Å². The Hall–Kier alpha value is -1.06. The van der Waals surface area contributed by atoms with Gasteiger partial charge < -0.3 is 10.8 Å². The summed E-state index contributed by atoms with van der Waals surface area (Å²) in [5.74, 6) is -0.796. The molecule has 1 rings (SSSR count). The first kappa shape index (κ1) is 14.9. The molecule has 1 aromatic rings. The minimum atomic E-state index is -0.796. The van der Waals surface area contributed by atoms with Gasteiger partial charge in [-0.1, -0.05) is 23.8 Å². The van der Waals surface area contributed by atoms with Gasteiger partial charge in [-0.2, -0.15) is 0 Å². The summed E-state index contributed by atoms with van der Waals surface area (Å²) in [7, 11) is 0. The van der Waals surface area contributed by atoms with E-state index in [0.29, 0.717) is 6.42 Å². The Labute approximate surface area is 102 Å². The molecule has 3 N–H and O–H groups in total. The molecule has 0 saturated heterocycles. The van der Waals surface area contributed by atoms with E-state index in [4.69, 9.17) is 10.8 Å². The van der Waals surface area contributed by atoms with Gasteiger partial charge in [0.05, 0.1) is 0 Å². The molecule has 0 saturated carbocycles. The number of nitrogens with two attached hydrogens (primary N) is 1. The maximum Gasteiger partial charge on any atom is 0.303 e. The van der Waals surface area contributed by atoms with Crippen LogP contribution in [0.25, 0.3) is 0 Å². The van der Waals surface area contributed by atoms with Crippen molar-refractivity contribution in [1.29, 1.82) is 0 Å². The Morgan fingerprint density at radius 1 is 1.44 bits per heavy atom. The number of hydrogen-bond acceptors (Lipinski definition) is 2. The molecule has 90 valence electrons. The average molecular weight is 244 g/mol. The molecule has 0 bridgehead atoms. The van der Waals surface area contributed by atoms with E-state index < -0.39 is 5.97 Å². The van der Waals surface area contributed by atoms with Crippen LogP contribution in [-0.4, -0.2) is 11.1 Å². The monoisotopic (exact) mass is 243 g/mol. The van der Waals surface area contributed by atoms with E-state index in [9.17, 15) is 4.79 Å². The lowest BCUT2D eigenvalue weighted by molar-refractivity contribution is -0.137. The summed E-state index contributed by atoms with van der Waals surface area (Å²) in [4.78, 5) is 10.4. The van der Waals surface area contributed by atoms with Crippen molar-refractivity contribution < 1.29 is 9.90 Å². The number of halogens is 1. The molecule has 0 heterocycles. The van der Waals surface area contributed by atoms with Gasteiger partial charge in [-0.15, -0.1) is 12.4 Å². The molecule has 0 aromatic heterocycles. The minimum Gasteiger partial charge on any atom is -0.481 e. The highest BCUT2D eigenvalue weighted by atomic mass is 35.5. The Kier molecular flexibility index (Phi) is 6.08. The number of carbonyl (C=O) groups is 1. The molecule has 1 atom stereocenters. The second-order valence-corrected chi connectivity index (χ2v) is 3.90. The quantitative estimate of drug-likeness (QED) is 0.855. The molecule has 4 heteroatoms. The molecule has 0 aliphatic rings. The second kappa shape index (κ2) is 6.51. The summed E-state index contributed by atoms with van der Waals surface area (Å²) >= 11 is 0. The molecule has 3 nitrogen and oxygen atoms in total. The van der Waals surface area contributed by atoms with E-state index in [1.807, 2.05) is 32.0 Å². The summed E-state index contributed by atoms with van der Waals surface area (Å²) in [5.41, 5.74) is 9.28. The van der Waals surface area contributed by atoms with Crippen molar-refractivity contribution in [2.75, 3.05) is 0 Å². The number of aryl methyl sites for hydroxylation is 2. The Bertz CT molecular complexity index is 366. The first-order valence-corrected chi connectivity index (χ1v) is 5.05. The number of carboxylic acid groups (broad SMARTS) is 1. The summed E-state index contributed by atoms with van der Waals surface area (Å²) in [6.45, 7) is 4.00. The molecular formula is C12H18ClNO2. The van der Waals surface area contributed by atoms with Crippen LogP contribution in [-0.2, 0) is 4.79 Å². The van der Waals surface area contributed by atoms with Gasteiger partial charge in [0, 0.05) is 12.5 Å². The van der Waals surface area contributed by atoms with Crippen LogP contribution in [0, 0.1) is 13.8 Å². The largest absolute Gasteiger partial charge is 0.481 e. The minimum absolute atomic E-state index is 0. The number of rotatable bonds is 4. The third-order valence-corrected chi connectivity index (χ3v) is 2.50. The molecule has 0 spiro atoms. The van der Waals surface area contributed by atoms with Crippen LogP contribution in [0.5, 0.6) is 0 Å². The highest BCUT2D eigenvalue weighted by molar-refractivity contribution is 5.85. The van der Waals surface area contributed by atoms with E-state index >= 15 is 0 Å². The molecule has 0 unspecified atom stereocenters. The fourth-order valence-corrected chi connectivity index (χ4v) is 1.59. The van der Waals surface area contributed by atoms with Crippen LogP contribution in [0.15, 0.2) is 18.2 Å². The highest BCUT2D eigenvalue weighted by Crippen LogP contribution is 2.20. The van der Waals surface area contributed by atoms with Gasteiger partial charge in [-0.3, -0.25) is 4.79 Å². The number of benzene rings is 1. The summed E-state index contributed by atoms with van der Waals surface area (Å²) in [6, 6.07) is 5.90. The number of aliphatic carboxylic acids is 1. The molecule has 0 fully saturated rings. The van der Waals surface area contributed by atoms with Crippen LogP contribution in [0.3, 0.4) is 0 Å². The fourth-order valence-electron chi connectivity index (χ4n) is 1.59. The van der Waals surface area contributed by atoms with Crippen molar-refractivity contribution in [2.45, 2.75) is 32.7 Å². The lowest BCUT2D eigenvalue weighted by Gasteiger charge is -2.14. The van der Waals surface area contributed by atoms with E-state index in [-0.39, 0.29) is 24.9 Å². The molecule has 0 amide bonds. The zero-order chi connectivity index (χ0) is 11.4. The summed E-state index contributed by atoms with van der Waals surface area (Å²) < 4.78 is 0. The normalized spacial score (nSPS) is 11.7. The third kappa shape index (κ3) is 4.21. The van der Waals surface area contributed by atoms with Gasteiger partial charge >= 0.3 is 5.97 Å². The molecule has 0 aliphatic carbocycles. The van der Waals surface area contributed by atoms with Gasteiger partial charge in [0.15, 0.2) is 0 Å². The van der Waals surface area contributed by atoms with Crippen LogP contribution in [0.2, 0.25) is 0 Å². The van der Waals surface area contributed by atoms with E-state index in [1.165, 1.54) is 0 Å². The van der Waals surface area contributed by atoms with Crippen molar-refractivity contribution in [3.8, 4) is 0 Å². The molecular weight excluding hydrogens is 226 g/mol. The maximum absolute atomic E-state index is 10.4. The smallest absolute Gasteiger partial charge is 0.303 e. The van der Waals surface area contributed by atoms with Crippen LogP contribution in [0.1, 0.15) is 35.6 Å². The van der Waals surface area contributed by atoms with Crippen LogP contribution in [0.4, 0.5) is 0 Å². The Morgan fingerprint density at radius 3 is 2.62 bits per heavy atom. The third-order valence-electron chi connectivity index (χ3n) is 2.50. The Balaban J connectivity index is 0.00000225. The first-order chi connectivity index (χ1) is 7.00. The van der Waals surface area contributed by atoms with Gasteiger partial charge in [0.1, 0.15) is 0 Å². The second-order valence-electron chi connectivity index (χ2n) is 3.90. The van der Waals surface area contributed by atoms with Gasteiger partial charge in [0.25, 0.3) is 0 Å². The summed E-state index contributed by atoms with van der Waals surface area (Å²) in [6.07, 6.45) is 0.605. The van der Waals surface area contributed by atoms with Crippen molar-refractivity contribution >= 4 is 18.4 Å². The topological polar surface area (TPSA) is 63.3 Å². The Morgan fingerprint density at radius 2 is 2.06 bits per heavy atom. The molecule has 0 radical (unpaired) electrons. The van der Waals surface area contributed by atoms with Gasteiger partial charge in [-0.25, -0.2) is 0 Å². The highest BCUT2D eigenvalue weighted by Gasteiger charge is 2.10. The lowest BCUT2D eigenvalue weighted by Crippen LogP contribution is -2.13. The van der Waals surface area contributed by atoms with Crippen molar-refractivity contribution in [3.63, 3.8) is 0 Å². The van der Waals surface area contributed by atoms with Crippen LogP contribution < -0.4 is 5.73 Å². The zero-order valence-electron chi connectivity index (χ0n) is 9.56. The lowest BCUT2D eigenvalue weighted by atomic mass is 9.96. The molecule has 1 aromatic carbocycles. The van der Waals surface area contributed by atoms with E-state index in [0.717, 1.165) is 16.7 Å². The van der Waals surface area contributed by atoms with Crippen LogP contribution >= 0.6 is 12.4 Å². The van der Waals surface area contributed by atoms with Crippen molar-refractivity contribution in [1.82, 2.24) is 0 Å². The van der Waals surface area contributed by atoms with Gasteiger partial charge in [0.2, 0.25) is 0 Å². The fraction of sp³-hybridized carbons (Fsp3) is 0.417. The zero-order valence-corrected chi connectivity index (χ0v) is 10.4. The van der Waals surface area contributed by atoms with Crippen molar-refractivity contribution in [2.24, 2.45) is 5.73 Å². The molecule has 0 aliphatic heterocycles.